The zero-order chi connectivity index (χ0) is 5.70. The molecule has 0 atom stereocenters. The summed E-state index contributed by atoms with van der Waals surface area (Å²) < 4.78 is 4.47. The molecular formula is C5H12O3. The van der Waals surface area contributed by atoms with Gasteiger partial charge in [-0.25, -0.2) is 0 Å². The quantitative estimate of drug-likeness (QED) is 0.597. The maximum absolute atomic E-state index is 9.68. The van der Waals surface area contributed by atoms with Crippen LogP contribution in [0.15, 0.2) is 0 Å². The Morgan fingerprint density at radius 3 is 2.38 bits per heavy atom. The molecule has 0 radical (unpaired) electrons. The van der Waals surface area contributed by atoms with Gasteiger partial charge in [-0.3, -0.25) is 4.79 Å². The van der Waals surface area contributed by atoms with Crippen molar-refractivity contribution < 1.29 is 14.6 Å². The normalized spacial score (nSPS) is 7.62. The zero-order valence-corrected chi connectivity index (χ0v) is 4.18. The van der Waals surface area contributed by atoms with Gasteiger partial charge in [0.05, 0.1) is 13.0 Å². The zero-order valence-electron chi connectivity index (χ0n) is 4.18. The molecule has 0 aromatic carbocycles. The third kappa shape index (κ3) is 9.06. The van der Waals surface area contributed by atoms with Gasteiger partial charge >= 0.3 is 5.97 Å². The Labute approximate surface area is 49.3 Å². The van der Waals surface area contributed by atoms with Crippen molar-refractivity contribution >= 4 is 5.97 Å². The number of carboxylic acid groups (broad SMARTS) is 1. The highest BCUT2D eigenvalue weighted by atomic mass is 16.5. The highest BCUT2D eigenvalue weighted by Gasteiger charge is 1.91. The molecule has 3 nitrogen and oxygen atoms in total. The van der Waals surface area contributed by atoms with Gasteiger partial charge in [0.2, 0.25) is 0 Å². The Kier molecular flexibility index (Phi) is 8.37. The first-order chi connectivity index (χ1) is 3.27. The molecule has 0 rings (SSSR count). The van der Waals surface area contributed by atoms with Gasteiger partial charge in [0.25, 0.3) is 0 Å². The first kappa shape index (κ1) is 10.4. The SMILES string of the molecule is C.COCCC(=O)O. The van der Waals surface area contributed by atoms with Crippen molar-refractivity contribution in [1.29, 1.82) is 0 Å². The van der Waals surface area contributed by atoms with E-state index in [0.29, 0.717) is 6.61 Å². The van der Waals surface area contributed by atoms with Crippen LogP contribution in [0.4, 0.5) is 0 Å². The average molecular weight is 120 g/mol. The van der Waals surface area contributed by atoms with Crippen LogP contribution in [0.3, 0.4) is 0 Å². The van der Waals surface area contributed by atoms with Crippen molar-refractivity contribution in [2.45, 2.75) is 13.8 Å². The molecule has 3 heteroatoms. The molecule has 0 aromatic rings. The molecule has 50 valence electrons. The number of carbonyl (C=O) groups is 1. The van der Waals surface area contributed by atoms with E-state index in [1.54, 1.807) is 0 Å². The van der Waals surface area contributed by atoms with Crippen LogP contribution in [0.5, 0.6) is 0 Å². The summed E-state index contributed by atoms with van der Waals surface area (Å²) >= 11 is 0. The Morgan fingerprint density at radius 1 is 1.75 bits per heavy atom. The van der Waals surface area contributed by atoms with Crippen molar-refractivity contribution in [3.8, 4) is 0 Å². The van der Waals surface area contributed by atoms with Gasteiger partial charge in [0, 0.05) is 7.11 Å². The number of methoxy groups -OCH3 is 1. The van der Waals surface area contributed by atoms with Crippen molar-refractivity contribution in [1.82, 2.24) is 0 Å². The van der Waals surface area contributed by atoms with Gasteiger partial charge < -0.3 is 9.84 Å². The summed E-state index contributed by atoms with van der Waals surface area (Å²) in [4.78, 5) is 9.68. The molecule has 0 fully saturated rings. The second kappa shape index (κ2) is 6.43. The van der Waals surface area contributed by atoms with Gasteiger partial charge in [-0.2, -0.15) is 0 Å². The lowest BCUT2D eigenvalue weighted by molar-refractivity contribution is -0.137. The Balaban J connectivity index is 0. The van der Waals surface area contributed by atoms with Gasteiger partial charge in [-0.15, -0.1) is 0 Å². The van der Waals surface area contributed by atoms with Crippen LogP contribution in [0.1, 0.15) is 13.8 Å². The van der Waals surface area contributed by atoms with Crippen LogP contribution in [0, 0.1) is 0 Å². The topological polar surface area (TPSA) is 46.5 Å². The van der Waals surface area contributed by atoms with Crippen LogP contribution in [0.25, 0.3) is 0 Å². The fraction of sp³-hybridized carbons (Fsp3) is 0.800. The first-order valence-electron chi connectivity index (χ1n) is 1.98. The first-order valence-corrected chi connectivity index (χ1v) is 1.98. The highest BCUT2D eigenvalue weighted by Crippen LogP contribution is 1.76. The number of aliphatic carboxylic acids is 1. The van der Waals surface area contributed by atoms with Gasteiger partial charge in [-0.1, -0.05) is 7.43 Å². The van der Waals surface area contributed by atoms with E-state index in [4.69, 9.17) is 5.11 Å². The summed E-state index contributed by atoms with van der Waals surface area (Å²) in [5, 5.41) is 7.96. The third-order valence-corrected chi connectivity index (χ3v) is 0.520. The lowest BCUT2D eigenvalue weighted by Gasteiger charge is -1.88. The molecule has 1 N–H and O–H groups in total. The van der Waals surface area contributed by atoms with E-state index in [-0.39, 0.29) is 13.8 Å². The molecule has 0 aromatic heterocycles. The van der Waals surface area contributed by atoms with E-state index in [1.165, 1.54) is 7.11 Å². The molecule has 0 saturated heterocycles. The van der Waals surface area contributed by atoms with Crippen LogP contribution >= 0.6 is 0 Å². The minimum absolute atomic E-state index is 0. The summed E-state index contributed by atoms with van der Waals surface area (Å²) in [5.74, 6) is -0.818. The minimum atomic E-state index is -0.818. The number of rotatable bonds is 3. The maximum Gasteiger partial charge on any atom is 0.305 e. The van der Waals surface area contributed by atoms with Crippen LogP contribution in [-0.2, 0) is 9.53 Å². The summed E-state index contributed by atoms with van der Waals surface area (Å²) in [6, 6.07) is 0. The number of hydrogen-bond donors (Lipinski definition) is 1. The van der Waals surface area contributed by atoms with Crippen LogP contribution in [-0.4, -0.2) is 24.8 Å². The van der Waals surface area contributed by atoms with E-state index in [0.717, 1.165) is 0 Å². The number of carboxylic acids is 1. The lowest BCUT2D eigenvalue weighted by atomic mass is 10.5. The van der Waals surface area contributed by atoms with E-state index < -0.39 is 5.97 Å². The molecule has 0 amide bonds. The molecule has 0 aliphatic carbocycles. The molecule has 0 aliphatic rings. The van der Waals surface area contributed by atoms with E-state index in [1.807, 2.05) is 0 Å². The fourth-order valence-electron chi connectivity index (χ4n) is 0.189. The fourth-order valence-corrected chi connectivity index (χ4v) is 0.189. The predicted molar refractivity (Wildman–Crippen MR) is 30.9 cm³/mol. The smallest absolute Gasteiger partial charge is 0.305 e. The molecule has 0 aliphatic heterocycles. The molecule has 0 saturated carbocycles. The maximum atomic E-state index is 9.68. The van der Waals surface area contributed by atoms with Gasteiger partial charge in [0.1, 0.15) is 0 Å². The summed E-state index contributed by atoms with van der Waals surface area (Å²) in [6.45, 7) is 0.301. The summed E-state index contributed by atoms with van der Waals surface area (Å²) in [7, 11) is 1.48. The van der Waals surface area contributed by atoms with Crippen LogP contribution in [0.2, 0.25) is 0 Å². The Morgan fingerprint density at radius 2 is 2.25 bits per heavy atom. The summed E-state index contributed by atoms with van der Waals surface area (Å²) in [5.41, 5.74) is 0. The number of hydrogen-bond acceptors (Lipinski definition) is 2. The van der Waals surface area contributed by atoms with Gasteiger partial charge in [0.15, 0.2) is 0 Å². The second-order valence-electron chi connectivity index (χ2n) is 1.14. The molecule has 0 unspecified atom stereocenters. The van der Waals surface area contributed by atoms with Crippen molar-refractivity contribution in [3.63, 3.8) is 0 Å². The standard InChI is InChI=1S/C4H8O3.CH4/c1-7-3-2-4(5)6;/h2-3H2,1H3,(H,5,6);1H4. The largest absolute Gasteiger partial charge is 0.481 e. The van der Waals surface area contributed by atoms with Crippen molar-refractivity contribution in [2.75, 3.05) is 13.7 Å². The minimum Gasteiger partial charge on any atom is -0.481 e. The predicted octanol–water partition coefficient (Wildman–Crippen LogP) is 0.744. The van der Waals surface area contributed by atoms with E-state index in [9.17, 15) is 4.79 Å². The van der Waals surface area contributed by atoms with Crippen molar-refractivity contribution in [3.05, 3.63) is 0 Å². The molecule has 8 heavy (non-hydrogen) atoms. The average Bonchev–Trinajstić information content (AvgIpc) is 1.61. The molecular weight excluding hydrogens is 108 g/mol. The van der Waals surface area contributed by atoms with Crippen molar-refractivity contribution in [2.24, 2.45) is 0 Å². The molecule has 0 bridgehead atoms. The second-order valence-corrected chi connectivity index (χ2v) is 1.14. The highest BCUT2D eigenvalue weighted by molar-refractivity contribution is 5.66. The molecule has 0 spiro atoms. The molecule has 0 heterocycles. The van der Waals surface area contributed by atoms with Crippen LogP contribution < -0.4 is 0 Å². The Hall–Kier alpha value is -0.570. The monoisotopic (exact) mass is 120 g/mol. The Bertz CT molecular complexity index is 60.7. The third-order valence-electron chi connectivity index (χ3n) is 0.520. The van der Waals surface area contributed by atoms with Gasteiger partial charge in [-0.05, 0) is 0 Å². The summed E-state index contributed by atoms with van der Waals surface area (Å²) in [6.07, 6.45) is 0.0938. The van der Waals surface area contributed by atoms with E-state index in [2.05, 4.69) is 4.74 Å². The van der Waals surface area contributed by atoms with E-state index >= 15 is 0 Å². The lowest BCUT2D eigenvalue weighted by Crippen LogP contribution is -1.99. The number of ether oxygens (including phenoxy) is 1.